The number of nitrogens with one attached hydrogen (secondary N) is 2. The van der Waals surface area contributed by atoms with E-state index in [1.54, 1.807) is 18.2 Å². The number of para-hydroxylation sites is 1. The molecule has 0 heterocycles. The minimum Gasteiger partial charge on any atom is -0.444 e. The summed E-state index contributed by atoms with van der Waals surface area (Å²) in [6, 6.07) is 16.5. The molecule has 2 amide bonds. The van der Waals surface area contributed by atoms with Crippen LogP contribution >= 0.6 is 0 Å². The molecule has 0 aliphatic heterocycles. The van der Waals surface area contributed by atoms with Gasteiger partial charge in [0, 0.05) is 18.8 Å². The van der Waals surface area contributed by atoms with Crippen LogP contribution in [0.25, 0.3) is 0 Å². The maximum Gasteiger partial charge on any atom is 0.411 e. The largest absolute Gasteiger partial charge is 0.444 e. The fourth-order valence-electron chi connectivity index (χ4n) is 2.11. The molecule has 6 nitrogen and oxygen atoms in total. The summed E-state index contributed by atoms with van der Waals surface area (Å²) >= 11 is 0. The topological polar surface area (TPSA) is 93.5 Å². The van der Waals surface area contributed by atoms with Crippen LogP contribution in [0.3, 0.4) is 0 Å². The number of ether oxygens (including phenoxy) is 1. The highest BCUT2D eigenvalue weighted by atomic mass is 16.5. The van der Waals surface area contributed by atoms with Crippen molar-refractivity contribution in [2.75, 3.05) is 18.4 Å². The lowest BCUT2D eigenvalue weighted by atomic mass is 10.1. The molecule has 6 heteroatoms. The summed E-state index contributed by atoms with van der Waals surface area (Å²) in [4.78, 5) is 23.8. The second kappa shape index (κ2) is 9.32. The van der Waals surface area contributed by atoms with Gasteiger partial charge in [0.2, 0.25) is 5.91 Å². The molecule has 0 aliphatic carbocycles. The van der Waals surface area contributed by atoms with Gasteiger partial charge in [-0.05, 0) is 17.2 Å². The Hall–Kier alpha value is -2.86. The Balaban J connectivity index is 1.91. The van der Waals surface area contributed by atoms with Crippen molar-refractivity contribution in [2.45, 2.75) is 13.0 Å². The molecular weight excluding hydrogens is 306 g/mol. The van der Waals surface area contributed by atoms with Gasteiger partial charge in [-0.3, -0.25) is 10.1 Å². The van der Waals surface area contributed by atoms with Crippen LogP contribution in [0, 0.1) is 0 Å². The highest BCUT2D eigenvalue weighted by molar-refractivity contribution is 5.88. The van der Waals surface area contributed by atoms with E-state index in [0.717, 1.165) is 5.56 Å². The summed E-state index contributed by atoms with van der Waals surface area (Å²) in [5, 5.41) is 5.38. The maximum absolute atomic E-state index is 11.9. The number of amides is 2. The lowest BCUT2D eigenvalue weighted by Crippen LogP contribution is -2.30. The molecular formula is C18H21N3O3. The average molecular weight is 327 g/mol. The fraction of sp³-hybridized carbons (Fsp3) is 0.222. The van der Waals surface area contributed by atoms with Gasteiger partial charge in [0.15, 0.2) is 0 Å². The van der Waals surface area contributed by atoms with Gasteiger partial charge >= 0.3 is 6.09 Å². The Morgan fingerprint density at radius 1 is 1.00 bits per heavy atom. The summed E-state index contributed by atoms with van der Waals surface area (Å²) in [6.45, 7) is 0.997. The van der Waals surface area contributed by atoms with Crippen molar-refractivity contribution in [1.29, 1.82) is 0 Å². The Morgan fingerprint density at radius 3 is 2.46 bits per heavy atom. The van der Waals surface area contributed by atoms with Gasteiger partial charge in [-0.2, -0.15) is 0 Å². The van der Waals surface area contributed by atoms with Gasteiger partial charge in [-0.1, -0.05) is 48.5 Å². The Labute approximate surface area is 141 Å². The smallest absolute Gasteiger partial charge is 0.411 e. The van der Waals surface area contributed by atoms with E-state index in [0.29, 0.717) is 24.3 Å². The summed E-state index contributed by atoms with van der Waals surface area (Å²) < 4.78 is 5.19. The van der Waals surface area contributed by atoms with Gasteiger partial charge in [0.05, 0.1) is 6.42 Å². The van der Waals surface area contributed by atoms with Crippen molar-refractivity contribution in [2.24, 2.45) is 5.73 Å². The molecule has 4 N–H and O–H groups in total. The van der Waals surface area contributed by atoms with Crippen LogP contribution in [0.4, 0.5) is 10.5 Å². The van der Waals surface area contributed by atoms with E-state index in [-0.39, 0.29) is 18.9 Å². The van der Waals surface area contributed by atoms with Crippen LogP contribution in [0.5, 0.6) is 0 Å². The van der Waals surface area contributed by atoms with Crippen molar-refractivity contribution >= 4 is 17.7 Å². The molecule has 0 unspecified atom stereocenters. The van der Waals surface area contributed by atoms with Crippen molar-refractivity contribution in [3.05, 3.63) is 65.7 Å². The van der Waals surface area contributed by atoms with Crippen LogP contribution in [-0.2, 0) is 22.6 Å². The number of hydrogen-bond donors (Lipinski definition) is 3. The number of carbonyl (C=O) groups excluding carboxylic acids is 2. The van der Waals surface area contributed by atoms with Gasteiger partial charge in [0.1, 0.15) is 6.61 Å². The highest BCUT2D eigenvalue weighted by Gasteiger charge is 2.10. The van der Waals surface area contributed by atoms with E-state index >= 15 is 0 Å². The SMILES string of the molecule is NCCNC(=O)Cc1ccccc1NC(=O)OCc1ccccc1. The van der Waals surface area contributed by atoms with Crippen LogP contribution < -0.4 is 16.4 Å². The predicted molar refractivity (Wildman–Crippen MR) is 92.5 cm³/mol. The number of carbonyl (C=O) groups is 2. The third-order valence-electron chi connectivity index (χ3n) is 3.28. The Bertz CT molecular complexity index is 674. The van der Waals surface area contributed by atoms with E-state index in [1.165, 1.54) is 0 Å². The summed E-state index contributed by atoms with van der Waals surface area (Å²) in [7, 11) is 0. The first-order chi connectivity index (χ1) is 11.7. The molecule has 24 heavy (non-hydrogen) atoms. The minimum atomic E-state index is -0.561. The monoisotopic (exact) mass is 327 g/mol. The molecule has 0 atom stereocenters. The third kappa shape index (κ3) is 5.73. The van der Waals surface area contributed by atoms with Gasteiger partial charge in [-0.15, -0.1) is 0 Å². The zero-order valence-corrected chi connectivity index (χ0v) is 13.3. The molecule has 126 valence electrons. The van der Waals surface area contributed by atoms with Crippen molar-refractivity contribution in [3.63, 3.8) is 0 Å². The number of rotatable bonds is 7. The number of hydrogen-bond acceptors (Lipinski definition) is 4. The fourth-order valence-corrected chi connectivity index (χ4v) is 2.11. The van der Waals surface area contributed by atoms with E-state index in [4.69, 9.17) is 10.5 Å². The van der Waals surface area contributed by atoms with Crippen LogP contribution in [0.1, 0.15) is 11.1 Å². The third-order valence-corrected chi connectivity index (χ3v) is 3.28. The molecule has 2 aromatic rings. The van der Waals surface area contributed by atoms with Gasteiger partial charge in [-0.25, -0.2) is 4.79 Å². The normalized spacial score (nSPS) is 10.0. The highest BCUT2D eigenvalue weighted by Crippen LogP contribution is 2.16. The van der Waals surface area contributed by atoms with E-state index < -0.39 is 6.09 Å². The molecule has 0 saturated heterocycles. The van der Waals surface area contributed by atoms with Gasteiger partial charge in [0.25, 0.3) is 0 Å². The first-order valence-corrected chi connectivity index (χ1v) is 7.71. The summed E-state index contributed by atoms with van der Waals surface area (Å²) in [5.74, 6) is -0.146. The zero-order chi connectivity index (χ0) is 17.2. The maximum atomic E-state index is 11.9. The molecule has 0 aromatic heterocycles. The van der Waals surface area contributed by atoms with E-state index in [2.05, 4.69) is 10.6 Å². The van der Waals surface area contributed by atoms with Crippen molar-refractivity contribution in [1.82, 2.24) is 5.32 Å². The minimum absolute atomic E-state index is 0.146. The lowest BCUT2D eigenvalue weighted by Gasteiger charge is -2.11. The number of benzene rings is 2. The number of nitrogens with two attached hydrogens (primary N) is 1. The van der Waals surface area contributed by atoms with E-state index in [9.17, 15) is 9.59 Å². The zero-order valence-electron chi connectivity index (χ0n) is 13.3. The van der Waals surface area contributed by atoms with Crippen molar-refractivity contribution in [3.8, 4) is 0 Å². The second-order valence-electron chi connectivity index (χ2n) is 5.16. The van der Waals surface area contributed by atoms with Crippen molar-refractivity contribution < 1.29 is 14.3 Å². The molecule has 2 rings (SSSR count). The summed E-state index contributed by atoms with van der Waals surface area (Å²) in [5.41, 5.74) is 7.53. The molecule has 0 radical (unpaired) electrons. The Morgan fingerprint density at radius 2 is 1.71 bits per heavy atom. The quantitative estimate of drug-likeness (QED) is 0.725. The lowest BCUT2D eigenvalue weighted by molar-refractivity contribution is -0.120. The molecule has 0 spiro atoms. The van der Waals surface area contributed by atoms with E-state index in [1.807, 2.05) is 36.4 Å². The molecule has 0 aliphatic rings. The molecule has 0 saturated carbocycles. The van der Waals surface area contributed by atoms with Crippen LogP contribution in [0.2, 0.25) is 0 Å². The van der Waals surface area contributed by atoms with Crippen LogP contribution in [0.15, 0.2) is 54.6 Å². The van der Waals surface area contributed by atoms with Gasteiger partial charge < -0.3 is 15.8 Å². The standard InChI is InChI=1S/C18H21N3O3/c19-10-11-20-17(22)12-15-8-4-5-9-16(15)21-18(23)24-13-14-6-2-1-3-7-14/h1-9H,10-13,19H2,(H,20,22)(H,21,23). The molecule has 0 fully saturated rings. The second-order valence-corrected chi connectivity index (χ2v) is 5.16. The van der Waals surface area contributed by atoms with Crippen LogP contribution in [-0.4, -0.2) is 25.1 Å². The average Bonchev–Trinajstić information content (AvgIpc) is 2.61. The predicted octanol–water partition coefficient (Wildman–Crippen LogP) is 2.05. The molecule has 0 bridgehead atoms. The first kappa shape index (κ1) is 17.5. The number of anilines is 1. The molecule has 2 aromatic carbocycles. The first-order valence-electron chi connectivity index (χ1n) is 7.71. The summed E-state index contributed by atoms with van der Waals surface area (Å²) in [6.07, 6.45) is -0.400. The Kier molecular flexibility index (Phi) is 6.79.